The van der Waals surface area contributed by atoms with Crippen molar-refractivity contribution in [2.24, 2.45) is 0 Å². The van der Waals surface area contributed by atoms with E-state index in [1.807, 2.05) is 0 Å². The molecule has 2 aromatic heterocycles. The second-order valence-corrected chi connectivity index (χ2v) is 31.0. The van der Waals surface area contributed by atoms with Crippen molar-refractivity contribution in [2.75, 3.05) is 0 Å². The molecule has 0 unspecified atom stereocenters. The summed E-state index contributed by atoms with van der Waals surface area (Å²) in [5.41, 5.74) is 30.1. The van der Waals surface area contributed by atoms with Crippen molar-refractivity contribution in [3.05, 3.63) is 195 Å². The number of rotatable bonds is 1. The molecule has 80 heavy (non-hydrogen) atoms. The summed E-state index contributed by atoms with van der Waals surface area (Å²) in [5.74, 6) is 0. The molecule has 0 fully saturated rings. The number of benzene rings is 9. The van der Waals surface area contributed by atoms with Crippen molar-refractivity contribution in [1.82, 2.24) is 9.13 Å². The van der Waals surface area contributed by atoms with E-state index in [0.29, 0.717) is 0 Å². The molecule has 5 heterocycles. The fourth-order valence-electron chi connectivity index (χ4n) is 15.7. The van der Waals surface area contributed by atoms with Crippen LogP contribution in [0.5, 0.6) is 0 Å². The Hall–Kier alpha value is -7.10. The summed E-state index contributed by atoms with van der Waals surface area (Å²) in [5, 5.41) is 8.09. The Balaban J connectivity index is 1.30. The Morgan fingerprint density at radius 3 is 1.43 bits per heavy atom. The SMILES string of the molecule is CC(C)(C)c1ccc2c(c1)c1cc(C(C)(C)C)cc3c1n2-c1c(-c2c(C(C)(C)C)ccc4cccc(C(C)(C)C)c24)cc2c4c1B3c1cc(C(C)(C)C)cc3c5cc(C(C)(C)C)cc(c5n-4c13)C21c2ccccc2-c2ccccc21. The summed E-state index contributed by atoms with van der Waals surface area (Å²) in [6, 6.07) is 57.1. The summed E-state index contributed by atoms with van der Waals surface area (Å²) in [6.45, 7) is 43.4. The molecule has 0 saturated heterocycles. The number of nitrogens with zero attached hydrogens (tertiary/aromatic N) is 2. The van der Waals surface area contributed by atoms with Crippen LogP contribution in [0.2, 0.25) is 0 Å². The van der Waals surface area contributed by atoms with E-state index < -0.39 is 5.41 Å². The van der Waals surface area contributed by atoms with Crippen molar-refractivity contribution in [2.45, 2.75) is 163 Å². The molecule has 0 N–H and O–H groups in total. The van der Waals surface area contributed by atoms with Crippen molar-refractivity contribution in [1.29, 1.82) is 0 Å². The van der Waals surface area contributed by atoms with Crippen molar-refractivity contribution >= 4 is 77.5 Å². The molecular weight excluding hydrogens is 964 g/mol. The van der Waals surface area contributed by atoms with E-state index in [1.54, 1.807) is 0 Å². The molecule has 1 aliphatic carbocycles. The van der Waals surface area contributed by atoms with Gasteiger partial charge in [-0.1, -0.05) is 228 Å². The van der Waals surface area contributed by atoms with E-state index in [1.165, 1.54) is 160 Å². The van der Waals surface area contributed by atoms with Crippen LogP contribution in [0.1, 0.15) is 180 Å². The molecule has 398 valence electrons. The molecule has 0 amide bonds. The minimum absolute atomic E-state index is 0.0366. The normalized spacial score (nSPS) is 15.2. The van der Waals surface area contributed by atoms with Crippen LogP contribution in [-0.4, -0.2) is 15.8 Å². The minimum atomic E-state index is -0.659. The van der Waals surface area contributed by atoms with Gasteiger partial charge in [0.25, 0.3) is 6.71 Å². The molecule has 9 aromatic carbocycles. The lowest BCUT2D eigenvalue weighted by atomic mass is 9.33. The molecular formula is C77H77BN2. The summed E-state index contributed by atoms with van der Waals surface area (Å²) in [7, 11) is 0. The highest BCUT2D eigenvalue weighted by molar-refractivity contribution is 7.00. The fraction of sp³-hybridized carbons (Fsp3) is 0.325. The Morgan fingerprint density at radius 1 is 0.350 bits per heavy atom. The van der Waals surface area contributed by atoms with Gasteiger partial charge in [-0.3, -0.25) is 0 Å². The average molecular weight is 1040 g/mol. The summed E-state index contributed by atoms with van der Waals surface area (Å²) in [4.78, 5) is 0. The molecule has 15 rings (SSSR count). The van der Waals surface area contributed by atoms with Gasteiger partial charge in [0.2, 0.25) is 0 Å². The maximum Gasteiger partial charge on any atom is 0.252 e. The Bertz CT molecular complexity index is 4590. The fourth-order valence-corrected chi connectivity index (χ4v) is 15.7. The van der Waals surface area contributed by atoms with Crippen molar-refractivity contribution < 1.29 is 0 Å². The Labute approximate surface area is 475 Å². The second kappa shape index (κ2) is 15.3. The maximum atomic E-state index is 2.84. The number of hydrogen-bond acceptors (Lipinski definition) is 0. The first-order valence-corrected chi connectivity index (χ1v) is 29.8. The molecule has 3 heteroatoms. The quantitative estimate of drug-likeness (QED) is 0.145. The van der Waals surface area contributed by atoms with Crippen LogP contribution >= 0.6 is 0 Å². The van der Waals surface area contributed by atoms with Gasteiger partial charge >= 0.3 is 0 Å². The van der Waals surface area contributed by atoms with Crippen LogP contribution in [0.15, 0.2) is 140 Å². The highest BCUT2D eigenvalue weighted by Gasteiger charge is 2.56. The number of hydrogen-bond donors (Lipinski definition) is 0. The van der Waals surface area contributed by atoms with E-state index in [4.69, 9.17) is 0 Å². The standard InChI is InChI=1S/C77H77BN2/c1-71(2,3)43-31-33-62-49(34-43)50-36-45(73(7,8)9)39-60-67(50)79(62)69-53(64-57(76(16,17)18)32-30-42-24-23-29-56(63(42)64)75(13,14)15)41-59-70-65(69)78(60)61-40-46(74(10,11)12)37-52-51-35-44(72(4,5)6)38-58(66(51)80(70)68(52)61)77(59)54-27-21-19-25-47(54)48-26-20-22-28-55(48)77/h19-41H,1-18H3. The highest BCUT2D eigenvalue weighted by atomic mass is 15.1. The third kappa shape index (κ3) is 6.28. The van der Waals surface area contributed by atoms with Gasteiger partial charge < -0.3 is 9.13 Å². The van der Waals surface area contributed by atoms with Crippen LogP contribution in [-0.2, 0) is 37.9 Å². The lowest BCUT2D eigenvalue weighted by Crippen LogP contribution is -2.61. The van der Waals surface area contributed by atoms with Crippen LogP contribution < -0.4 is 16.4 Å². The zero-order valence-electron chi connectivity index (χ0n) is 50.8. The Kier molecular flexibility index (Phi) is 9.52. The zero-order valence-corrected chi connectivity index (χ0v) is 50.8. The lowest BCUT2D eigenvalue weighted by Gasteiger charge is -2.45. The molecule has 0 saturated carbocycles. The van der Waals surface area contributed by atoms with Gasteiger partial charge in [0.1, 0.15) is 0 Å². The van der Waals surface area contributed by atoms with Gasteiger partial charge in [0.05, 0.1) is 22.1 Å². The average Bonchev–Trinajstić information content (AvgIpc) is 1.47. The van der Waals surface area contributed by atoms with Crippen molar-refractivity contribution in [3.63, 3.8) is 0 Å². The van der Waals surface area contributed by atoms with Gasteiger partial charge in [-0.2, -0.15) is 0 Å². The first-order chi connectivity index (χ1) is 37.5. The van der Waals surface area contributed by atoms with Gasteiger partial charge in [0.15, 0.2) is 0 Å². The predicted molar refractivity (Wildman–Crippen MR) is 346 cm³/mol. The largest absolute Gasteiger partial charge is 0.310 e. The first-order valence-electron chi connectivity index (χ1n) is 29.8. The van der Waals surface area contributed by atoms with E-state index >= 15 is 0 Å². The minimum Gasteiger partial charge on any atom is -0.310 e. The van der Waals surface area contributed by atoms with Gasteiger partial charge in [-0.15, -0.1) is 0 Å². The van der Waals surface area contributed by atoms with Crippen molar-refractivity contribution in [3.8, 4) is 33.6 Å². The van der Waals surface area contributed by atoms with E-state index in [9.17, 15) is 0 Å². The van der Waals surface area contributed by atoms with Crippen LogP contribution in [0.3, 0.4) is 0 Å². The van der Waals surface area contributed by atoms with Crippen LogP contribution in [0.4, 0.5) is 0 Å². The molecule has 0 bridgehead atoms. The van der Waals surface area contributed by atoms with E-state index in [2.05, 4.69) is 273 Å². The first kappa shape index (κ1) is 49.9. The van der Waals surface area contributed by atoms with E-state index in [0.717, 1.165) is 0 Å². The molecule has 4 aliphatic rings. The molecule has 0 radical (unpaired) electrons. The zero-order chi connectivity index (χ0) is 56.2. The predicted octanol–water partition coefficient (Wildman–Crippen LogP) is 18.3. The Morgan fingerprint density at radius 2 is 0.863 bits per heavy atom. The summed E-state index contributed by atoms with van der Waals surface area (Å²) >= 11 is 0. The second-order valence-electron chi connectivity index (χ2n) is 31.0. The molecule has 2 nitrogen and oxygen atoms in total. The van der Waals surface area contributed by atoms with Crippen LogP contribution in [0.25, 0.3) is 88.0 Å². The summed E-state index contributed by atoms with van der Waals surface area (Å²) < 4.78 is 5.65. The molecule has 0 atom stereocenters. The topological polar surface area (TPSA) is 9.86 Å². The number of aromatic nitrogens is 2. The van der Waals surface area contributed by atoms with E-state index in [-0.39, 0.29) is 39.2 Å². The maximum absolute atomic E-state index is 2.84. The van der Waals surface area contributed by atoms with Gasteiger partial charge in [0, 0.05) is 43.8 Å². The monoisotopic (exact) mass is 1040 g/mol. The third-order valence-corrected chi connectivity index (χ3v) is 19.7. The molecule has 1 spiro atoms. The lowest BCUT2D eigenvalue weighted by molar-refractivity contribution is 0.588. The summed E-state index contributed by atoms with van der Waals surface area (Å²) in [6.07, 6.45) is 0. The van der Waals surface area contributed by atoms with Gasteiger partial charge in [-0.25, -0.2) is 0 Å². The third-order valence-electron chi connectivity index (χ3n) is 19.7. The van der Waals surface area contributed by atoms with Crippen LogP contribution in [0, 0.1) is 0 Å². The highest BCUT2D eigenvalue weighted by Crippen LogP contribution is 2.63. The number of fused-ring (bicyclic) bond motifs is 15. The van der Waals surface area contributed by atoms with Gasteiger partial charge in [-0.05, 0) is 168 Å². The molecule has 11 aromatic rings. The molecule has 3 aliphatic heterocycles. The smallest absolute Gasteiger partial charge is 0.252 e.